The summed E-state index contributed by atoms with van der Waals surface area (Å²) in [6.45, 7) is 5.12. The number of nitrogens with one attached hydrogen (secondary N) is 1. The Bertz CT molecular complexity index is 564. The third-order valence-electron chi connectivity index (χ3n) is 3.61. The summed E-state index contributed by atoms with van der Waals surface area (Å²) >= 11 is 12.2. The van der Waals surface area contributed by atoms with Crippen molar-refractivity contribution in [1.82, 2.24) is 0 Å². The fourth-order valence-electron chi connectivity index (χ4n) is 2.05. The minimum absolute atomic E-state index is 0.595. The Balaban J connectivity index is 2.02. The van der Waals surface area contributed by atoms with Crippen LogP contribution < -0.4 is 5.32 Å². The highest BCUT2D eigenvalue weighted by atomic mass is 35.5. The highest BCUT2D eigenvalue weighted by Gasteiger charge is 2.05. The van der Waals surface area contributed by atoms with Crippen molar-refractivity contribution in [3.05, 3.63) is 63.6 Å². The maximum absolute atomic E-state index is 6.17. The summed E-state index contributed by atoms with van der Waals surface area (Å²) in [5.74, 6) is 0.603. The molecular weight excluding hydrogens is 289 g/mol. The van der Waals surface area contributed by atoms with Gasteiger partial charge in [-0.2, -0.15) is 0 Å². The van der Waals surface area contributed by atoms with Crippen molar-refractivity contribution in [2.75, 3.05) is 5.32 Å². The molecule has 106 valence electrons. The number of hydrogen-bond donors (Lipinski definition) is 1. The fourth-order valence-corrected chi connectivity index (χ4v) is 2.43. The van der Waals surface area contributed by atoms with E-state index in [1.807, 2.05) is 12.1 Å². The van der Waals surface area contributed by atoms with Gasteiger partial charge in [-0.3, -0.25) is 0 Å². The average Bonchev–Trinajstić information content (AvgIpc) is 2.48. The number of hydrogen-bond acceptors (Lipinski definition) is 1. The highest BCUT2D eigenvalue weighted by molar-refractivity contribution is 6.42. The van der Waals surface area contributed by atoms with Gasteiger partial charge < -0.3 is 5.32 Å². The quantitative estimate of drug-likeness (QED) is 0.701. The summed E-state index contributed by atoms with van der Waals surface area (Å²) in [6.07, 6.45) is 1.16. The lowest BCUT2D eigenvalue weighted by atomic mass is 9.99. The minimum atomic E-state index is 0.595. The minimum Gasteiger partial charge on any atom is -0.381 e. The Labute approximate surface area is 130 Å². The Morgan fingerprint density at radius 3 is 2.40 bits per heavy atom. The first-order valence-corrected chi connectivity index (χ1v) is 7.64. The first-order valence-electron chi connectivity index (χ1n) is 6.88. The number of halogens is 2. The average molecular weight is 308 g/mol. The molecule has 2 rings (SSSR count). The van der Waals surface area contributed by atoms with Gasteiger partial charge in [-0.15, -0.1) is 0 Å². The lowest BCUT2D eigenvalue weighted by Gasteiger charge is -2.12. The highest BCUT2D eigenvalue weighted by Crippen LogP contribution is 2.26. The maximum Gasteiger partial charge on any atom is 0.0642 e. The van der Waals surface area contributed by atoms with Gasteiger partial charge in [0.2, 0.25) is 0 Å². The molecule has 0 aliphatic heterocycles. The number of rotatable bonds is 5. The molecule has 0 spiro atoms. The van der Waals surface area contributed by atoms with Crippen LogP contribution in [0.3, 0.4) is 0 Å². The zero-order chi connectivity index (χ0) is 14.5. The van der Waals surface area contributed by atoms with Crippen molar-refractivity contribution in [2.45, 2.75) is 32.7 Å². The lowest BCUT2D eigenvalue weighted by Crippen LogP contribution is -2.00. The molecule has 2 aromatic rings. The molecule has 3 heteroatoms. The molecule has 0 aliphatic rings. The molecule has 20 heavy (non-hydrogen) atoms. The Morgan fingerprint density at radius 1 is 1.05 bits per heavy atom. The maximum atomic E-state index is 6.17. The van der Waals surface area contributed by atoms with Crippen LogP contribution in [0, 0.1) is 0 Å². The third kappa shape index (κ3) is 3.68. The van der Waals surface area contributed by atoms with Gasteiger partial charge in [0.25, 0.3) is 0 Å². The topological polar surface area (TPSA) is 12.0 Å². The van der Waals surface area contributed by atoms with Crippen LogP contribution >= 0.6 is 23.2 Å². The standard InChI is InChI=1S/C17H19Cl2N/c1-3-12(2)13-7-9-15(10-8-13)20-11-14-5-4-6-16(18)17(14)19/h4-10,12,20H,3,11H2,1-2H3. The van der Waals surface area contributed by atoms with Crippen LogP contribution in [-0.4, -0.2) is 0 Å². The van der Waals surface area contributed by atoms with Crippen LogP contribution in [0.5, 0.6) is 0 Å². The summed E-state index contributed by atoms with van der Waals surface area (Å²) in [5.41, 5.74) is 3.47. The molecule has 2 aromatic carbocycles. The van der Waals surface area contributed by atoms with E-state index >= 15 is 0 Å². The van der Waals surface area contributed by atoms with Crippen LogP contribution in [0.1, 0.15) is 37.3 Å². The third-order valence-corrected chi connectivity index (χ3v) is 4.46. The van der Waals surface area contributed by atoms with Gasteiger partial charge in [0, 0.05) is 12.2 Å². The van der Waals surface area contributed by atoms with E-state index in [0.29, 0.717) is 22.5 Å². The molecule has 0 bridgehead atoms. The second kappa shape index (κ2) is 7.01. The monoisotopic (exact) mass is 307 g/mol. The second-order valence-corrected chi connectivity index (χ2v) is 5.78. The summed E-state index contributed by atoms with van der Waals surface area (Å²) < 4.78 is 0. The van der Waals surface area contributed by atoms with Crippen LogP contribution in [0.15, 0.2) is 42.5 Å². The van der Waals surface area contributed by atoms with E-state index in [2.05, 4.69) is 43.4 Å². The summed E-state index contributed by atoms with van der Waals surface area (Å²) in [6, 6.07) is 14.3. The Kier molecular flexibility index (Phi) is 5.33. The summed E-state index contributed by atoms with van der Waals surface area (Å²) in [4.78, 5) is 0. The molecule has 1 N–H and O–H groups in total. The smallest absolute Gasteiger partial charge is 0.0642 e. The largest absolute Gasteiger partial charge is 0.381 e. The van der Waals surface area contributed by atoms with Gasteiger partial charge in [0.15, 0.2) is 0 Å². The zero-order valence-corrected chi connectivity index (χ0v) is 13.3. The van der Waals surface area contributed by atoms with Crippen LogP contribution in [-0.2, 0) is 6.54 Å². The molecule has 0 aliphatic carbocycles. The summed E-state index contributed by atoms with van der Waals surface area (Å²) in [7, 11) is 0. The molecule has 1 unspecified atom stereocenters. The molecular formula is C17H19Cl2N. The molecule has 1 atom stereocenters. The van der Waals surface area contributed by atoms with Crippen molar-refractivity contribution in [2.24, 2.45) is 0 Å². The van der Waals surface area contributed by atoms with E-state index in [0.717, 1.165) is 17.7 Å². The van der Waals surface area contributed by atoms with Crippen molar-refractivity contribution in [1.29, 1.82) is 0 Å². The van der Waals surface area contributed by atoms with E-state index in [1.54, 1.807) is 6.07 Å². The molecule has 0 saturated heterocycles. The van der Waals surface area contributed by atoms with Gasteiger partial charge in [0.05, 0.1) is 10.0 Å². The van der Waals surface area contributed by atoms with Crippen molar-refractivity contribution in [3.8, 4) is 0 Å². The molecule has 0 saturated carbocycles. The van der Waals surface area contributed by atoms with Gasteiger partial charge >= 0.3 is 0 Å². The number of benzene rings is 2. The molecule has 0 heterocycles. The van der Waals surface area contributed by atoms with E-state index < -0.39 is 0 Å². The van der Waals surface area contributed by atoms with Gasteiger partial charge in [-0.25, -0.2) is 0 Å². The first-order chi connectivity index (χ1) is 9.61. The number of anilines is 1. The molecule has 0 aromatic heterocycles. The van der Waals surface area contributed by atoms with E-state index in [4.69, 9.17) is 23.2 Å². The fraction of sp³-hybridized carbons (Fsp3) is 0.294. The van der Waals surface area contributed by atoms with Crippen LogP contribution in [0.2, 0.25) is 10.0 Å². The molecule has 1 nitrogen and oxygen atoms in total. The van der Waals surface area contributed by atoms with Crippen molar-refractivity contribution < 1.29 is 0 Å². The SMILES string of the molecule is CCC(C)c1ccc(NCc2cccc(Cl)c2Cl)cc1. The first kappa shape index (κ1) is 15.2. The predicted molar refractivity (Wildman–Crippen MR) is 88.9 cm³/mol. The molecule has 0 radical (unpaired) electrons. The van der Waals surface area contributed by atoms with E-state index in [1.165, 1.54) is 5.56 Å². The van der Waals surface area contributed by atoms with Gasteiger partial charge in [-0.05, 0) is 41.7 Å². The Morgan fingerprint density at radius 2 is 1.75 bits per heavy atom. The summed E-state index contributed by atoms with van der Waals surface area (Å²) in [5, 5.41) is 4.59. The van der Waals surface area contributed by atoms with Crippen molar-refractivity contribution >= 4 is 28.9 Å². The van der Waals surface area contributed by atoms with Gasteiger partial charge in [0.1, 0.15) is 0 Å². The van der Waals surface area contributed by atoms with Crippen LogP contribution in [0.25, 0.3) is 0 Å². The van der Waals surface area contributed by atoms with E-state index in [9.17, 15) is 0 Å². The predicted octanol–water partition coefficient (Wildman–Crippen LogP) is 6.12. The zero-order valence-electron chi connectivity index (χ0n) is 11.8. The van der Waals surface area contributed by atoms with E-state index in [-0.39, 0.29) is 0 Å². The normalized spacial score (nSPS) is 12.2. The Hall–Kier alpha value is -1.18. The van der Waals surface area contributed by atoms with Gasteiger partial charge in [-0.1, -0.05) is 61.3 Å². The van der Waals surface area contributed by atoms with Crippen LogP contribution in [0.4, 0.5) is 5.69 Å². The second-order valence-electron chi connectivity index (χ2n) is 5.00. The molecule has 0 amide bonds. The van der Waals surface area contributed by atoms with Crippen molar-refractivity contribution in [3.63, 3.8) is 0 Å². The lowest BCUT2D eigenvalue weighted by molar-refractivity contribution is 0.734. The molecule has 0 fully saturated rings.